The standard InChI is InChI=1S/C10H22N2/c1-10(2)9-12(4)8-6-5-7-11-3/h11H,1,5-9H2,2-4H3. The highest BCUT2D eigenvalue weighted by Gasteiger charge is 1.96. The zero-order valence-electron chi connectivity index (χ0n) is 8.69. The average Bonchev–Trinajstić information content (AvgIpc) is 1.97. The third kappa shape index (κ3) is 7.76. The van der Waals surface area contributed by atoms with Crippen LogP contribution in [0.5, 0.6) is 0 Å². The van der Waals surface area contributed by atoms with Gasteiger partial charge < -0.3 is 10.2 Å². The number of likely N-dealkylation sites (N-methyl/N-ethyl adjacent to an activating group) is 1. The maximum Gasteiger partial charge on any atom is 0.0184 e. The van der Waals surface area contributed by atoms with Crippen LogP contribution in [-0.2, 0) is 0 Å². The van der Waals surface area contributed by atoms with Gasteiger partial charge >= 0.3 is 0 Å². The van der Waals surface area contributed by atoms with Crippen molar-refractivity contribution in [2.75, 3.05) is 33.7 Å². The first-order valence-electron chi connectivity index (χ1n) is 4.64. The summed E-state index contributed by atoms with van der Waals surface area (Å²) in [6.07, 6.45) is 2.53. The Bertz CT molecular complexity index is 121. The quantitative estimate of drug-likeness (QED) is 0.460. The second-order valence-electron chi connectivity index (χ2n) is 3.51. The molecule has 0 unspecified atom stereocenters. The van der Waals surface area contributed by atoms with Crippen molar-refractivity contribution in [2.45, 2.75) is 19.8 Å². The molecule has 0 aliphatic heterocycles. The Labute approximate surface area is 76.6 Å². The Morgan fingerprint density at radius 1 is 1.42 bits per heavy atom. The van der Waals surface area contributed by atoms with Gasteiger partial charge in [0.15, 0.2) is 0 Å². The topological polar surface area (TPSA) is 15.3 Å². The fourth-order valence-corrected chi connectivity index (χ4v) is 1.22. The molecular weight excluding hydrogens is 148 g/mol. The lowest BCUT2D eigenvalue weighted by Crippen LogP contribution is -2.22. The molecule has 0 spiro atoms. The molecule has 0 aliphatic carbocycles. The molecule has 1 N–H and O–H groups in total. The summed E-state index contributed by atoms with van der Waals surface area (Å²) >= 11 is 0. The molecule has 0 amide bonds. The lowest BCUT2D eigenvalue weighted by atomic mass is 10.2. The number of hydrogen-bond donors (Lipinski definition) is 1. The summed E-state index contributed by atoms with van der Waals surface area (Å²) < 4.78 is 0. The number of unbranched alkanes of at least 4 members (excludes halogenated alkanes) is 1. The third-order valence-corrected chi connectivity index (χ3v) is 1.76. The molecule has 0 radical (unpaired) electrons. The van der Waals surface area contributed by atoms with Gasteiger partial charge in [0, 0.05) is 6.54 Å². The van der Waals surface area contributed by atoms with Crippen LogP contribution in [0.3, 0.4) is 0 Å². The van der Waals surface area contributed by atoms with Gasteiger partial charge in [0.2, 0.25) is 0 Å². The van der Waals surface area contributed by atoms with Gasteiger partial charge in [-0.1, -0.05) is 12.2 Å². The van der Waals surface area contributed by atoms with Crippen LogP contribution < -0.4 is 5.32 Å². The molecule has 0 fully saturated rings. The zero-order valence-corrected chi connectivity index (χ0v) is 8.69. The fourth-order valence-electron chi connectivity index (χ4n) is 1.22. The predicted molar refractivity (Wildman–Crippen MR) is 55.5 cm³/mol. The van der Waals surface area contributed by atoms with E-state index in [9.17, 15) is 0 Å². The number of nitrogens with zero attached hydrogens (tertiary/aromatic N) is 1. The fraction of sp³-hybridized carbons (Fsp3) is 0.800. The summed E-state index contributed by atoms with van der Waals surface area (Å²) in [4.78, 5) is 2.32. The maximum absolute atomic E-state index is 3.89. The van der Waals surface area contributed by atoms with Crippen molar-refractivity contribution in [1.82, 2.24) is 10.2 Å². The Hall–Kier alpha value is -0.340. The number of hydrogen-bond acceptors (Lipinski definition) is 2. The summed E-state index contributed by atoms with van der Waals surface area (Å²) in [6.45, 7) is 9.29. The lowest BCUT2D eigenvalue weighted by molar-refractivity contribution is 0.352. The van der Waals surface area contributed by atoms with Crippen molar-refractivity contribution < 1.29 is 0 Å². The second kappa shape index (κ2) is 7.32. The van der Waals surface area contributed by atoms with E-state index in [2.05, 4.69) is 30.8 Å². The lowest BCUT2D eigenvalue weighted by Gasteiger charge is -2.15. The molecular formula is C10H22N2. The molecule has 12 heavy (non-hydrogen) atoms. The zero-order chi connectivity index (χ0) is 9.40. The minimum atomic E-state index is 1.03. The van der Waals surface area contributed by atoms with E-state index in [-0.39, 0.29) is 0 Å². The minimum absolute atomic E-state index is 1.03. The van der Waals surface area contributed by atoms with Crippen LogP contribution in [0.2, 0.25) is 0 Å². The van der Waals surface area contributed by atoms with E-state index in [1.807, 2.05) is 7.05 Å². The summed E-state index contributed by atoms with van der Waals surface area (Å²) in [5, 5.41) is 3.15. The minimum Gasteiger partial charge on any atom is -0.320 e. The van der Waals surface area contributed by atoms with Gasteiger partial charge in [-0.15, -0.1) is 0 Å². The van der Waals surface area contributed by atoms with Crippen molar-refractivity contribution in [3.8, 4) is 0 Å². The summed E-state index contributed by atoms with van der Waals surface area (Å²) in [6, 6.07) is 0. The van der Waals surface area contributed by atoms with Crippen molar-refractivity contribution in [1.29, 1.82) is 0 Å². The van der Waals surface area contributed by atoms with Crippen LogP contribution in [0.1, 0.15) is 19.8 Å². The number of nitrogens with one attached hydrogen (secondary N) is 1. The smallest absolute Gasteiger partial charge is 0.0184 e. The van der Waals surface area contributed by atoms with Crippen molar-refractivity contribution in [3.63, 3.8) is 0 Å². The van der Waals surface area contributed by atoms with Crippen LogP contribution in [0, 0.1) is 0 Å². The van der Waals surface area contributed by atoms with Gasteiger partial charge in [-0.3, -0.25) is 0 Å². The van der Waals surface area contributed by atoms with Gasteiger partial charge in [-0.25, -0.2) is 0 Å². The monoisotopic (exact) mass is 170 g/mol. The highest BCUT2D eigenvalue weighted by molar-refractivity contribution is 4.90. The van der Waals surface area contributed by atoms with Crippen LogP contribution in [-0.4, -0.2) is 38.6 Å². The van der Waals surface area contributed by atoms with E-state index in [0.29, 0.717) is 0 Å². The van der Waals surface area contributed by atoms with Crippen LogP contribution >= 0.6 is 0 Å². The van der Waals surface area contributed by atoms with Crippen molar-refractivity contribution >= 4 is 0 Å². The maximum atomic E-state index is 3.89. The molecule has 0 rings (SSSR count). The molecule has 2 nitrogen and oxygen atoms in total. The van der Waals surface area contributed by atoms with Gasteiger partial charge in [0.05, 0.1) is 0 Å². The average molecular weight is 170 g/mol. The Morgan fingerprint density at radius 3 is 2.58 bits per heavy atom. The van der Waals surface area contributed by atoms with Gasteiger partial charge in [-0.05, 0) is 47.0 Å². The molecule has 0 heterocycles. The van der Waals surface area contributed by atoms with Crippen LogP contribution in [0.25, 0.3) is 0 Å². The van der Waals surface area contributed by atoms with Crippen LogP contribution in [0.4, 0.5) is 0 Å². The second-order valence-corrected chi connectivity index (χ2v) is 3.51. The molecule has 0 saturated carbocycles. The molecule has 0 aliphatic rings. The molecule has 0 atom stereocenters. The van der Waals surface area contributed by atoms with E-state index < -0.39 is 0 Å². The molecule has 0 bridgehead atoms. The largest absolute Gasteiger partial charge is 0.320 e. The highest BCUT2D eigenvalue weighted by Crippen LogP contribution is 1.95. The van der Waals surface area contributed by atoms with E-state index in [0.717, 1.165) is 13.1 Å². The van der Waals surface area contributed by atoms with E-state index in [1.165, 1.54) is 25.0 Å². The summed E-state index contributed by atoms with van der Waals surface area (Å²) in [5.74, 6) is 0. The summed E-state index contributed by atoms with van der Waals surface area (Å²) in [7, 11) is 4.14. The number of rotatable bonds is 7. The summed E-state index contributed by atoms with van der Waals surface area (Å²) in [5.41, 5.74) is 1.24. The third-order valence-electron chi connectivity index (χ3n) is 1.76. The Morgan fingerprint density at radius 2 is 2.08 bits per heavy atom. The Balaban J connectivity index is 3.19. The highest BCUT2D eigenvalue weighted by atomic mass is 15.1. The van der Waals surface area contributed by atoms with E-state index in [1.54, 1.807) is 0 Å². The van der Waals surface area contributed by atoms with Crippen molar-refractivity contribution in [2.24, 2.45) is 0 Å². The Kier molecular flexibility index (Phi) is 7.11. The molecule has 0 aromatic rings. The van der Waals surface area contributed by atoms with E-state index >= 15 is 0 Å². The molecule has 0 saturated heterocycles. The first-order valence-corrected chi connectivity index (χ1v) is 4.64. The first kappa shape index (κ1) is 11.7. The predicted octanol–water partition coefficient (Wildman–Crippen LogP) is 1.49. The molecule has 0 aromatic carbocycles. The van der Waals surface area contributed by atoms with Gasteiger partial charge in [0.25, 0.3) is 0 Å². The van der Waals surface area contributed by atoms with Gasteiger partial charge in [0.1, 0.15) is 0 Å². The normalized spacial score (nSPS) is 10.7. The first-order chi connectivity index (χ1) is 5.66. The van der Waals surface area contributed by atoms with Crippen LogP contribution in [0.15, 0.2) is 12.2 Å². The van der Waals surface area contributed by atoms with E-state index in [4.69, 9.17) is 0 Å². The van der Waals surface area contributed by atoms with Gasteiger partial charge in [-0.2, -0.15) is 0 Å². The van der Waals surface area contributed by atoms with Crippen molar-refractivity contribution in [3.05, 3.63) is 12.2 Å². The molecule has 72 valence electrons. The molecule has 2 heteroatoms. The molecule has 0 aromatic heterocycles. The SMILES string of the molecule is C=C(C)CN(C)CCCCNC.